The van der Waals surface area contributed by atoms with Gasteiger partial charge >= 0.3 is 0 Å². The van der Waals surface area contributed by atoms with Crippen molar-refractivity contribution in [3.8, 4) is 0 Å². The van der Waals surface area contributed by atoms with Gasteiger partial charge in [0.25, 0.3) is 0 Å². The van der Waals surface area contributed by atoms with E-state index in [-0.39, 0.29) is 6.10 Å². The maximum atomic E-state index is 9.96. The fraction of sp³-hybridized carbons (Fsp3) is 1.00. The van der Waals surface area contributed by atoms with Gasteiger partial charge in [0.15, 0.2) is 0 Å². The van der Waals surface area contributed by atoms with E-state index in [4.69, 9.17) is 4.74 Å². The van der Waals surface area contributed by atoms with E-state index in [9.17, 15) is 5.11 Å². The van der Waals surface area contributed by atoms with E-state index in [2.05, 4.69) is 24.1 Å². The first kappa shape index (κ1) is 14.9. The SMILES string of the molecule is COCC(NCC(O)CN1CCCC1)C(C)C. The molecule has 2 atom stereocenters. The van der Waals surface area contributed by atoms with Gasteiger partial charge < -0.3 is 20.1 Å². The van der Waals surface area contributed by atoms with Gasteiger partial charge in [-0.1, -0.05) is 13.8 Å². The minimum Gasteiger partial charge on any atom is -0.390 e. The molecule has 17 heavy (non-hydrogen) atoms. The Morgan fingerprint density at radius 1 is 1.29 bits per heavy atom. The fourth-order valence-corrected chi connectivity index (χ4v) is 2.28. The average Bonchev–Trinajstić information content (AvgIpc) is 2.76. The highest BCUT2D eigenvalue weighted by Crippen LogP contribution is 2.08. The van der Waals surface area contributed by atoms with Crippen LogP contribution in [0.5, 0.6) is 0 Å². The first-order chi connectivity index (χ1) is 8.13. The molecule has 102 valence electrons. The lowest BCUT2D eigenvalue weighted by Gasteiger charge is -2.25. The van der Waals surface area contributed by atoms with Gasteiger partial charge in [0.2, 0.25) is 0 Å². The van der Waals surface area contributed by atoms with E-state index in [0.29, 0.717) is 25.1 Å². The first-order valence-corrected chi connectivity index (χ1v) is 6.76. The summed E-state index contributed by atoms with van der Waals surface area (Å²) in [4.78, 5) is 2.34. The van der Waals surface area contributed by atoms with Crippen molar-refractivity contribution >= 4 is 0 Å². The van der Waals surface area contributed by atoms with Crippen molar-refractivity contribution in [2.45, 2.75) is 38.8 Å². The zero-order valence-corrected chi connectivity index (χ0v) is 11.5. The molecule has 1 rings (SSSR count). The number of hydrogen-bond acceptors (Lipinski definition) is 4. The molecular weight excluding hydrogens is 216 g/mol. The van der Waals surface area contributed by atoms with E-state index in [1.54, 1.807) is 7.11 Å². The normalized spacial score (nSPS) is 21.0. The van der Waals surface area contributed by atoms with Crippen LogP contribution in [0, 0.1) is 5.92 Å². The number of likely N-dealkylation sites (tertiary alicyclic amines) is 1. The van der Waals surface area contributed by atoms with E-state index in [1.165, 1.54) is 12.8 Å². The van der Waals surface area contributed by atoms with Crippen LogP contribution in [0.4, 0.5) is 0 Å². The molecule has 1 heterocycles. The number of hydrogen-bond donors (Lipinski definition) is 2. The van der Waals surface area contributed by atoms with Crippen LogP contribution in [0.15, 0.2) is 0 Å². The second-order valence-electron chi connectivity index (χ2n) is 5.38. The van der Waals surface area contributed by atoms with Gasteiger partial charge in [-0.2, -0.15) is 0 Å². The fourth-order valence-electron chi connectivity index (χ4n) is 2.28. The van der Waals surface area contributed by atoms with E-state index < -0.39 is 0 Å². The Hall–Kier alpha value is -0.160. The molecule has 0 spiro atoms. The largest absolute Gasteiger partial charge is 0.390 e. The monoisotopic (exact) mass is 244 g/mol. The molecule has 0 radical (unpaired) electrons. The average molecular weight is 244 g/mol. The second-order valence-corrected chi connectivity index (χ2v) is 5.38. The number of nitrogens with zero attached hydrogens (tertiary/aromatic N) is 1. The minimum atomic E-state index is -0.272. The summed E-state index contributed by atoms with van der Waals surface area (Å²) >= 11 is 0. The molecule has 1 saturated heterocycles. The number of rotatable bonds is 8. The standard InChI is InChI=1S/C13H28N2O2/c1-11(2)13(10-17-3)14-8-12(16)9-15-6-4-5-7-15/h11-14,16H,4-10H2,1-3H3. The molecule has 0 aromatic carbocycles. The van der Waals surface area contributed by atoms with Gasteiger partial charge in [-0.25, -0.2) is 0 Å². The van der Waals surface area contributed by atoms with Gasteiger partial charge in [-0.05, 0) is 31.8 Å². The molecule has 1 aliphatic heterocycles. The molecular formula is C13H28N2O2. The predicted molar refractivity (Wildman–Crippen MR) is 70.2 cm³/mol. The molecule has 2 N–H and O–H groups in total. The molecule has 0 bridgehead atoms. The van der Waals surface area contributed by atoms with Crippen LogP contribution < -0.4 is 5.32 Å². The topological polar surface area (TPSA) is 44.7 Å². The minimum absolute atomic E-state index is 0.272. The number of β-amino-alcohol motifs (C(OH)–C–C–N with tert-alkyl or cyclic N) is 1. The van der Waals surface area contributed by atoms with E-state index in [1.807, 2.05) is 0 Å². The quantitative estimate of drug-likeness (QED) is 0.660. The summed E-state index contributed by atoms with van der Waals surface area (Å²) in [7, 11) is 1.72. The highest BCUT2D eigenvalue weighted by molar-refractivity contribution is 4.75. The van der Waals surface area contributed by atoms with Crippen molar-refractivity contribution in [2.24, 2.45) is 5.92 Å². The second kappa shape index (κ2) is 8.03. The molecule has 1 aliphatic rings. The van der Waals surface area contributed by atoms with Gasteiger partial charge in [0.1, 0.15) is 0 Å². The number of aliphatic hydroxyl groups is 1. The molecule has 0 aliphatic carbocycles. The van der Waals surface area contributed by atoms with Crippen LogP contribution in [-0.2, 0) is 4.74 Å². The highest BCUT2D eigenvalue weighted by atomic mass is 16.5. The maximum Gasteiger partial charge on any atom is 0.0791 e. The Morgan fingerprint density at radius 2 is 1.94 bits per heavy atom. The number of methoxy groups -OCH3 is 1. The Labute approximate surface area is 105 Å². The van der Waals surface area contributed by atoms with Crippen LogP contribution in [0.1, 0.15) is 26.7 Å². The zero-order chi connectivity index (χ0) is 12.7. The van der Waals surface area contributed by atoms with Crippen molar-refractivity contribution in [3.05, 3.63) is 0 Å². The smallest absolute Gasteiger partial charge is 0.0791 e. The summed E-state index contributed by atoms with van der Waals surface area (Å²) in [6.07, 6.45) is 2.28. The summed E-state index contributed by atoms with van der Waals surface area (Å²) in [5.74, 6) is 0.522. The Balaban J connectivity index is 2.17. The number of aliphatic hydroxyl groups excluding tert-OH is 1. The third-order valence-corrected chi connectivity index (χ3v) is 3.43. The first-order valence-electron chi connectivity index (χ1n) is 6.76. The highest BCUT2D eigenvalue weighted by Gasteiger charge is 2.18. The molecule has 0 aromatic rings. The molecule has 2 unspecified atom stereocenters. The van der Waals surface area contributed by atoms with Crippen molar-refractivity contribution < 1.29 is 9.84 Å². The third-order valence-electron chi connectivity index (χ3n) is 3.43. The Morgan fingerprint density at radius 3 is 2.47 bits per heavy atom. The van der Waals surface area contributed by atoms with Crippen molar-refractivity contribution in [1.29, 1.82) is 0 Å². The van der Waals surface area contributed by atoms with Gasteiger partial charge in [-0.15, -0.1) is 0 Å². The number of nitrogens with one attached hydrogen (secondary N) is 1. The van der Waals surface area contributed by atoms with Crippen molar-refractivity contribution in [3.63, 3.8) is 0 Å². The molecule has 0 saturated carbocycles. The summed E-state index contributed by atoms with van der Waals surface area (Å²) in [5, 5.41) is 13.4. The van der Waals surface area contributed by atoms with Crippen LogP contribution in [-0.4, -0.2) is 62.0 Å². The molecule has 4 heteroatoms. The summed E-state index contributed by atoms with van der Waals surface area (Å²) in [6, 6.07) is 0.327. The zero-order valence-electron chi connectivity index (χ0n) is 11.5. The van der Waals surface area contributed by atoms with Crippen molar-refractivity contribution in [2.75, 3.05) is 39.9 Å². The van der Waals surface area contributed by atoms with Gasteiger partial charge in [0, 0.05) is 26.2 Å². The lowest BCUT2D eigenvalue weighted by molar-refractivity contribution is 0.102. The van der Waals surface area contributed by atoms with Crippen LogP contribution >= 0.6 is 0 Å². The summed E-state index contributed by atoms with van der Waals surface area (Å²) in [5.41, 5.74) is 0. The predicted octanol–water partition coefficient (Wildman–Crippen LogP) is 0.704. The van der Waals surface area contributed by atoms with E-state index in [0.717, 1.165) is 19.6 Å². The Bertz CT molecular complexity index is 194. The van der Waals surface area contributed by atoms with Crippen LogP contribution in [0.2, 0.25) is 0 Å². The van der Waals surface area contributed by atoms with Gasteiger partial charge in [-0.3, -0.25) is 0 Å². The summed E-state index contributed by atoms with van der Waals surface area (Å²) < 4.78 is 5.18. The van der Waals surface area contributed by atoms with Crippen molar-refractivity contribution in [1.82, 2.24) is 10.2 Å². The van der Waals surface area contributed by atoms with Gasteiger partial charge in [0.05, 0.1) is 12.7 Å². The van der Waals surface area contributed by atoms with E-state index >= 15 is 0 Å². The molecule has 0 aromatic heterocycles. The Kier molecular flexibility index (Phi) is 7.04. The molecule has 4 nitrogen and oxygen atoms in total. The van der Waals surface area contributed by atoms with Crippen LogP contribution in [0.25, 0.3) is 0 Å². The number of ether oxygens (including phenoxy) is 1. The third kappa shape index (κ3) is 5.82. The lowest BCUT2D eigenvalue weighted by atomic mass is 10.1. The summed E-state index contributed by atoms with van der Waals surface area (Å²) in [6.45, 7) is 8.78. The maximum absolute atomic E-state index is 9.96. The van der Waals surface area contributed by atoms with Crippen LogP contribution in [0.3, 0.4) is 0 Å². The molecule has 0 amide bonds. The lowest BCUT2D eigenvalue weighted by Crippen LogP contribution is -2.44. The molecule has 1 fully saturated rings.